The van der Waals surface area contributed by atoms with Crippen LogP contribution in [0.4, 0.5) is 0 Å². The SMILES string of the molecule is CC1CNCCN1S(=O)(=O)c1ccc(S(C)(=O)=O)nc1.Cl. The molecule has 120 valence electrons. The standard InChI is InChI=1S/C11H17N3O4S2.ClH/c1-9-7-12-5-6-14(9)20(17,18)10-3-4-11(13-8-10)19(2,15)16;/h3-4,8-9,12H,5-7H2,1-2H3;1H. The van der Waals surface area contributed by atoms with Crippen LogP contribution in [0, 0.1) is 0 Å². The van der Waals surface area contributed by atoms with Gasteiger partial charge < -0.3 is 5.32 Å². The van der Waals surface area contributed by atoms with Crippen LogP contribution < -0.4 is 5.32 Å². The van der Waals surface area contributed by atoms with Gasteiger partial charge in [-0.2, -0.15) is 4.31 Å². The van der Waals surface area contributed by atoms with Crippen molar-refractivity contribution >= 4 is 32.3 Å². The third-order valence-electron chi connectivity index (χ3n) is 3.14. The molecule has 0 amide bonds. The Labute approximate surface area is 131 Å². The number of piperazine rings is 1. The van der Waals surface area contributed by atoms with Gasteiger partial charge in [-0.1, -0.05) is 0 Å². The monoisotopic (exact) mass is 355 g/mol. The highest BCUT2D eigenvalue weighted by Crippen LogP contribution is 2.19. The van der Waals surface area contributed by atoms with E-state index < -0.39 is 19.9 Å². The van der Waals surface area contributed by atoms with Crippen molar-refractivity contribution in [1.82, 2.24) is 14.6 Å². The number of pyridine rings is 1. The van der Waals surface area contributed by atoms with E-state index in [0.717, 1.165) is 12.5 Å². The van der Waals surface area contributed by atoms with Crippen molar-refractivity contribution < 1.29 is 16.8 Å². The third kappa shape index (κ3) is 3.92. The summed E-state index contributed by atoms with van der Waals surface area (Å²) in [6, 6.07) is 2.35. The Balaban J connectivity index is 0.00000220. The lowest BCUT2D eigenvalue weighted by Crippen LogP contribution is -2.52. The van der Waals surface area contributed by atoms with Crippen molar-refractivity contribution in [3.05, 3.63) is 18.3 Å². The maximum absolute atomic E-state index is 12.5. The van der Waals surface area contributed by atoms with Gasteiger partial charge in [0, 0.05) is 38.1 Å². The van der Waals surface area contributed by atoms with Crippen LogP contribution in [0.3, 0.4) is 0 Å². The summed E-state index contributed by atoms with van der Waals surface area (Å²) in [4.78, 5) is 3.74. The maximum atomic E-state index is 12.5. The van der Waals surface area contributed by atoms with Crippen LogP contribution in [0.2, 0.25) is 0 Å². The summed E-state index contributed by atoms with van der Waals surface area (Å²) in [5.41, 5.74) is 0. The minimum Gasteiger partial charge on any atom is -0.314 e. The quantitative estimate of drug-likeness (QED) is 0.812. The fourth-order valence-corrected chi connectivity index (χ4v) is 4.19. The molecule has 0 aromatic carbocycles. The number of sulfone groups is 1. The molecule has 0 aliphatic carbocycles. The first kappa shape index (κ1) is 18.3. The molecule has 0 saturated carbocycles. The minimum absolute atomic E-state index is 0. The molecule has 0 radical (unpaired) electrons. The molecule has 1 saturated heterocycles. The molecule has 1 aliphatic heterocycles. The fraction of sp³-hybridized carbons (Fsp3) is 0.545. The summed E-state index contributed by atoms with van der Waals surface area (Å²) >= 11 is 0. The topological polar surface area (TPSA) is 96.4 Å². The Kier molecular flexibility index (Phi) is 5.73. The summed E-state index contributed by atoms with van der Waals surface area (Å²) in [5, 5.41) is 2.98. The molecular formula is C11H18ClN3O4S2. The van der Waals surface area contributed by atoms with Gasteiger partial charge in [0.05, 0.1) is 0 Å². The second-order valence-corrected chi connectivity index (χ2v) is 8.63. The van der Waals surface area contributed by atoms with E-state index in [1.165, 1.54) is 16.4 Å². The van der Waals surface area contributed by atoms with Crippen molar-refractivity contribution in [2.45, 2.75) is 22.9 Å². The summed E-state index contributed by atoms with van der Waals surface area (Å²) in [6.07, 6.45) is 2.13. The van der Waals surface area contributed by atoms with Crippen LogP contribution in [-0.4, -0.2) is 58.1 Å². The van der Waals surface area contributed by atoms with Crippen LogP contribution >= 0.6 is 12.4 Å². The highest BCUT2D eigenvalue weighted by molar-refractivity contribution is 7.90. The average Bonchev–Trinajstić information content (AvgIpc) is 2.38. The summed E-state index contributed by atoms with van der Waals surface area (Å²) in [7, 11) is -7.07. The van der Waals surface area contributed by atoms with Crippen LogP contribution in [0.5, 0.6) is 0 Å². The van der Waals surface area contributed by atoms with Gasteiger partial charge in [-0.05, 0) is 19.1 Å². The number of rotatable bonds is 3. The summed E-state index contributed by atoms with van der Waals surface area (Å²) in [5.74, 6) is 0. The molecule has 1 unspecified atom stereocenters. The van der Waals surface area contributed by atoms with Gasteiger partial charge in [0.15, 0.2) is 14.9 Å². The molecular weight excluding hydrogens is 338 g/mol. The van der Waals surface area contributed by atoms with Crippen molar-refractivity contribution in [3.63, 3.8) is 0 Å². The number of hydrogen-bond donors (Lipinski definition) is 1. The van der Waals surface area contributed by atoms with Crippen LogP contribution in [0.15, 0.2) is 28.3 Å². The number of nitrogens with zero attached hydrogens (tertiary/aromatic N) is 2. The summed E-state index contributed by atoms with van der Waals surface area (Å²) < 4.78 is 49.0. The lowest BCUT2D eigenvalue weighted by atomic mass is 10.3. The zero-order valence-electron chi connectivity index (χ0n) is 11.7. The van der Waals surface area contributed by atoms with E-state index in [2.05, 4.69) is 10.3 Å². The summed E-state index contributed by atoms with van der Waals surface area (Å²) in [6.45, 7) is 3.39. The Morgan fingerprint density at radius 1 is 1.29 bits per heavy atom. The first-order chi connectivity index (χ1) is 9.23. The van der Waals surface area contributed by atoms with Gasteiger partial charge in [-0.3, -0.25) is 0 Å². The van der Waals surface area contributed by atoms with Gasteiger partial charge in [0.1, 0.15) is 4.90 Å². The van der Waals surface area contributed by atoms with Crippen LogP contribution in [0.25, 0.3) is 0 Å². The Hall–Kier alpha value is -0.740. The molecule has 1 aliphatic rings. The van der Waals surface area contributed by atoms with E-state index in [9.17, 15) is 16.8 Å². The van der Waals surface area contributed by atoms with Crippen molar-refractivity contribution in [1.29, 1.82) is 0 Å². The molecule has 21 heavy (non-hydrogen) atoms. The van der Waals surface area contributed by atoms with Crippen LogP contribution in [0.1, 0.15) is 6.92 Å². The molecule has 1 atom stereocenters. The second-order valence-electron chi connectivity index (χ2n) is 4.77. The zero-order chi connectivity index (χ0) is 15.0. The normalized spacial score (nSPS) is 20.8. The molecule has 7 nitrogen and oxygen atoms in total. The smallest absolute Gasteiger partial charge is 0.244 e. The first-order valence-corrected chi connectivity index (χ1v) is 9.45. The lowest BCUT2D eigenvalue weighted by Gasteiger charge is -2.32. The van der Waals surface area contributed by atoms with E-state index in [0.29, 0.717) is 19.6 Å². The lowest BCUT2D eigenvalue weighted by molar-refractivity contribution is 0.284. The number of aromatic nitrogens is 1. The fourth-order valence-electron chi connectivity index (χ4n) is 2.05. The molecule has 0 spiro atoms. The Bertz CT molecular complexity index is 689. The number of halogens is 1. The Morgan fingerprint density at radius 3 is 2.43 bits per heavy atom. The van der Waals surface area contributed by atoms with Crippen molar-refractivity contribution in [3.8, 4) is 0 Å². The zero-order valence-corrected chi connectivity index (χ0v) is 14.1. The average molecular weight is 356 g/mol. The van der Waals surface area contributed by atoms with E-state index in [4.69, 9.17) is 0 Å². The van der Waals surface area contributed by atoms with Gasteiger partial charge in [-0.15, -0.1) is 12.4 Å². The molecule has 0 bridgehead atoms. The van der Waals surface area contributed by atoms with Crippen molar-refractivity contribution in [2.75, 3.05) is 25.9 Å². The van der Waals surface area contributed by atoms with Crippen molar-refractivity contribution in [2.24, 2.45) is 0 Å². The molecule has 2 heterocycles. The predicted molar refractivity (Wildman–Crippen MR) is 80.8 cm³/mol. The highest BCUT2D eigenvalue weighted by Gasteiger charge is 2.31. The molecule has 1 aromatic heterocycles. The van der Waals surface area contributed by atoms with E-state index in [1.807, 2.05) is 6.92 Å². The van der Waals surface area contributed by atoms with Gasteiger partial charge in [-0.25, -0.2) is 21.8 Å². The van der Waals surface area contributed by atoms with Gasteiger partial charge in [0.2, 0.25) is 10.0 Å². The molecule has 1 fully saturated rings. The predicted octanol–water partition coefficient (Wildman–Crippen LogP) is -0.111. The minimum atomic E-state index is -3.64. The molecule has 2 rings (SSSR count). The van der Waals surface area contributed by atoms with E-state index >= 15 is 0 Å². The maximum Gasteiger partial charge on any atom is 0.244 e. The van der Waals surface area contributed by atoms with Gasteiger partial charge in [0.25, 0.3) is 0 Å². The number of hydrogen-bond acceptors (Lipinski definition) is 6. The largest absolute Gasteiger partial charge is 0.314 e. The van der Waals surface area contributed by atoms with E-state index in [1.54, 1.807) is 0 Å². The molecule has 1 N–H and O–H groups in total. The van der Waals surface area contributed by atoms with E-state index in [-0.39, 0.29) is 28.4 Å². The Morgan fingerprint density at radius 2 is 1.95 bits per heavy atom. The van der Waals surface area contributed by atoms with Gasteiger partial charge >= 0.3 is 0 Å². The number of sulfonamides is 1. The van der Waals surface area contributed by atoms with Crippen LogP contribution in [-0.2, 0) is 19.9 Å². The third-order valence-corrected chi connectivity index (χ3v) is 6.13. The first-order valence-electron chi connectivity index (χ1n) is 6.11. The molecule has 10 heteroatoms. The molecule has 1 aromatic rings. The number of nitrogens with one attached hydrogen (secondary N) is 1. The second kappa shape index (κ2) is 6.57. The highest BCUT2D eigenvalue weighted by atomic mass is 35.5.